The van der Waals surface area contributed by atoms with E-state index >= 15 is 0 Å². The van der Waals surface area contributed by atoms with Crippen LogP contribution < -0.4 is 5.32 Å². The van der Waals surface area contributed by atoms with Gasteiger partial charge in [0.05, 0.1) is 10.9 Å². The van der Waals surface area contributed by atoms with E-state index in [9.17, 15) is 13.6 Å². The summed E-state index contributed by atoms with van der Waals surface area (Å²) >= 11 is 1.41. The third kappa shape index (κ3) is 4.07. The van der Waals surface area contributed by atoms with Crippen molar-refractivity contribution in [2.24, 2.45) is 0 Å². The van der Waals surface area contributed by atoms with E-state index in [0.29, 0.717) is 0 Å². The number of hydrogen-bond donors (Lipinski definition) is 1. The molecule has 2 aromatic carbocycles. The number of anilines is 1. The Labute approximate surface area is 132 Å². The van der Waals surface area contributed by atoms with Crippen LogP contribution in [-0.2, 0) is 4.79 Å². The second-order valence-electron chi connectivity index (χ2n) is 5.14. The molecule has 0 saturated heterocycles. The topological polar surface area (TPSA) is 29.1 Å². The summed E-state index contributed by atoms with van der Waals surface area (Å²) in [6, 6.07) is 9.11. The van der Waals surface area contributed by atoms with Gasteiger partial charge in [-0.05, 0) is 44.5 Å². The molecule has 2 rings (SSSR count). The lowest BCUT2D eigenvalue weighted by molar-refractivity contribution is -0.115. The minimum absolute atomic E-state index is 0.0141. The average molecular weight is 321 g/mol. The molecule has 0 saturated carbocycles. The smallest absolute Gasteiger partial charge is 0.237 e. The molecule has 0 fully saturated rings. The molecule has 1 amide bonds. The molecule has 0 aliphatic carbocycles. The Morgan fingerprint density at radius 3 is 2.55 bits per heavy atom. The van der Waals surface area contributed by atoms with Gasteiger partial charge in [0, 0.05) is 11.0 Å². The number of amides is 1. The number of rotatable bonds is 4. The van der Waals surface area contributed by atoms with E-state index in [1.807, 2.05) is 32.0 Å². The molecule has 1 N–H and O–H groups in total. The summed E-state index contributed by atoms with van der Waals surface area (Å²) in [5, 5.41) is 2.09. The third-order valence-electron chi connectivity index (χ3n) is 3.21. The van der Waals surface area contributed by atoms with Gasteiger partial charge in [-0.3, -0.25) is 4.79 Å². The maximum atomic E-state index is 13.6. The zero-order valence-electron chi connectivity index (χ0n) is 12.6. The number of carbonyl (C=O) groups is 1. The second kappa shape index (κ2) is 6.92. The Hall–Kier alpha value is -1.88. The van der Waals surface area contributed by atoms with Crippen molar-refractivity contribution in [2.45, 2.75) is 30.9 Å². The quantitative estimate of drug-likeness (QED) is 0.827. The van der Waals surface area contributed by atoms with Crippen LogP contribution in [0.15, 0.2) is 41.3 Å². The van der Waals surface area contributed by atoms with Gasteiger partial charge < -0.3 is 5.32 Å². The molecule has 0 heterocycles. The first-order valence-electron chi connectivity index (χ1n) is 6.86. The molecule has 2 aromatic rings. The molecule has 1 atom stereocenters. The van der Waals surface area contributed by atoms with Gasteiger partial charge in [-0.2, -0.15) is 0 Å². The van der Waals surface area contributed by atoms with Crippen LogP contribution in [0.1, 0.15) is 18.1 Å². The van der Waals surface area contributed by atoms with Crippen LogP contribution >= 0.6 is 11.8 Å². The normalized spacial score (nSPS) is 12.0. The van der Waals surface area contributed by atoms with Crippen LogP contribution in [-0.4, -0.2) is 11.2 Å². The van der Waals surface area contributed by atoms with Crippen molar-refractivity contribution >= 4 is 23.4 Å². The lowest BCUT2D eigenvalue weighted by Crippen LogP contribution is -2.23. The highest BCUT2D eigenvalue weighted by molar-refractivity contribution is 8.00. The standard InChI is InChI=1S/C17H17F2NOS/c1-10-4-5-11(2)16(8-10)22-12(3)17(21)20-15-7-6-13(18)9-14(15)19/h4-9,12H,1-3H3,(H,20,21). The van der Waals surface area contributed by atoms with Gasteiger partial charge in [-0.1, -0.05) is 17.7 Å². The number of nitrogens with one attached hydrogen (secondary N) is 1. The van der Waals surface area contributed by atoms with Gasteiger partial charge in [-0.25, -0.2) is 8.78 Å². The van der Waals surface area contributed by atoms with E-state index < -0.39 is 16.9 Å². The van der Waals surface area contributed by atoms with Gasteiger partial charge in [0.25, 0.3) is 0 Å². The summed E-state index contributed by atoms with van der Waals surface area (Å²) in [6.07, 6.45) is 0. The van der Waals surface area contributed by atoms with E-state index in [0.717, 1.165) is 28.2 Å². The van der Waals surface area contributed by atoms with Crippen LogP contribution in [0.3, 0.4) is 0 Å². The molecule has 22 heavy (non-hydrogen) atoms. The van der Waals surface area contributed by atoms with E-state index in [-0.39, 0.29) is 11.6 Å². The first-order valence-corrected chi connectivity index (χ1v) is 7.74. The molecule has 0 aliphatic heterocycles. The van der Waals surface area contributed by atoms with Crippen molar-refractivity contribution in [1.29, 1.82) is 0 Å². The van der Waals surface area contributed by atoms with E-state index in [1.165, 1.54) is 17.8 Å². The first kappa shape index (κ1) is 16.5. The number of hydrogen-bond acceptors (Lipinski definition) is 2. The average Bonchev–Trinajstić information content (AvgIpc) is 2.45. The van der Waals surface area contributed by atoms with Crippen LogP contribution in [0.4, 0.5) is 14.5 Å². The molecule has 0 aromatic heterocycles. The van der Waals surface area contributed by atoms with Gasteiger partial charge in [0.15, 0.2) is 0 Å². The molecule has 116 valence electrons. The molecule has 5 heteroatoms. The largest absolute Gasteiger partial charge is 0.323 e. The highest BCUT2D eigenvalue weighted by Crippen LogP contribution is 2.28. The first-order chi connectivity index (χ1) is 10.4. The number of halogens is 2. The number of thioether (sulfide) groups is 1. The van der Waals surface area contributed by atoms with Crippen molar-refractivity contribution in [1.82, 2.24) is 0 Å². The Morgan fingerprint density at radius 2 is 1.86 bits per heavy atom. The van der Waals surface area contributed by atoms with Crippen LogP contribution in [0.5, 0.6) is 0 Å². The van der Waals surface area contributed by atoms with Crippen molar-refractivity contribution < 1.29 is 13.6 Å². The van der Waals surface area contributed by atoms with Crippen LogP contribution in [0, 0.1) is 25.5 Å². The Bertz CT molecular complexity index is 703. The van der Waals surface area contributed by atoms with Crippen molar-refractivity contribution in [3.8, 4) is 0 Å². The minimum Gasteiger partial charge on any atom is -0.323 e. The third-order valence-corrected chi connectivity index (χ3v) is 4.47. The molecule has 0 radical (unpaired) electrons. The predicted octanol–water partition coefficient (Wildman–Crippen LogP) is 4.70. The lowest BCUT2D eigenvalue weighted by atomic mass is 10.2. The molecule has 2 nitrogen and oxygen atoms in total. The fraction of sp³-hybridized carbons (Fsp3) is 0.235. The monoisotopic (exact) mass is 321 g/mol. The molecule has 0 spiro atoms. The lowest BCUT2D eigenvalue weighted by Gasteiger charge is -2.14. The predicted molar refractivity (Wildman–Crippen MR) is 86.2 cm³/mol. The second-order valence-corrected chi connectivity index (χ2v) is 6.53. The number of carbonyl (C=O) groups excluding carboxylic acids is 1. The number of benzene rings is 2. The van der Waals surface area contributed by atoms with Gasteiger partial charge >= 0.3 is 0 Å². The molecule has 0 bridgehead atoms. The van der Waals surface area contributed by atoms with Gasteiger partial charge in [-0.15, -0.1) is 11.8 Å². The highest BCUT2D eigenvalue weighted by atomic mass is 32.2. The summed E-state index contributed by atoms with van der Waals surface area (Å²) in [6.45, 7) is 5.72. The summed E-state index contributed by atoms with van der Waals surface area (Å²) in [5.41, 5.74) is 2.19. The molecule has 0 aliphatic rings. The molecular weight excluding hydrogens is 304 g/mol. The highest BCUT2D eigenvalue weighted by Gasteiger charge is 2.17. The Balaban J connectivity index is 2.07. The minimum atomic E-state index is -0.780. The molecular formula is C17H17F2NOS. The van der Waals surface area contributed by atoms with Gasteiger partial charge in [0.2, 0.25) is 5.91 Å². The Morgan fingerprint density at radius 1 is 1.14 bits per heavy atom. The maximum Gasteiger partial charge on any atom is 0.237 e. The summed E-state index contributed by atoms with van der Waals surface area (Å²) in [4.78, 5) is 13.2. The zero-order valence-corrected chi connectivity index (χ0v) is 13.4. The fourth-order valence-electron chi connectivity index (χ4n) is 1.90. The zero-order chi connectivity index (χ0) is 16.3. The van der Waals surface area contributed by atoms with E-state index in [4.69, 9.17) is 0 Å². The van der Waals surface area contributed by atoms with Crippen molar-refractivity contribution in [3.63, 3.8) is 0 Å². The maximum absolute atomic E-state index is 13.6. The summed E-state index contributed by atoms with van der Waals surface area (Å²) in [5.74, 6) is -1.78. The van der Waals surface area contributed by atoms with Gasteiger partial charge in [0.1, 0.15) is 11.6 Å². The van der Waals surface area contributed by atoms with E-state index in [2.05, 4.69) is 5.32 Å². The SMILES string of the molecule is Cc1ccc(C)c(SC(C)C(=O)Nc2ccc(F)cc2F)c1. The van der Waals surface area contributed by atoms with E-state index in [1.54, 1.807) is 6.92 Å². The number of aryl methyl sites for hydroxylation is 2. The Kier molecular flexibility index (Phi) is 5.19. The fourth-order valence-corrected chi connectivity index (χ4v) is 2.96. The van der Waals surface area contributed by atoms with Crippen LogP contribution in [0.2, 0.25) is 0 Å². The molecule has 1 unspecified atom stereocenters. The summed E-state index contributed by atoms with van der Waals surface area (Å²) < 4.78 is 26.4. The van der Waals surface area contributed by atoms with Crippen molar-refractivity contribution in [3.05, 3.63) is 59.2 Å². The summed E-state index contributed by atoms with van der Waals surface area (Å²) in [7, 11) is 0. The van der Waals surface area contributed by atoms with Crippen LogP contribution in [0.25, 0.3) is 0 Å². The van der Waals surface area contributed by atoms with Crippen molar-refractivity contribution in [2.75, 3.05) is 5.32 Å².